The standard InChI is InChI=1S/C10H15N5O2/c1-13-7-2-8(4-14-3-7)15(5-9(11)16)6-10(12)17/h2-4,13H,5-6H2,1H3,(H2,11,16)(H2,12,17). The van der Waals surface area contributed by atoms with Gasteiger partial charge in [0.2, 0.25) is 11.8 Å². The van der Waals surface area contributed by atoms with Gasteiger partial charge < -0.3 is 21.7 Å². The molecule has 0 radical (unpaired) electrons. The van der Waals surface area contributed by atoms with Gasteiger partial charge in [0.05, 0.1) is 36.9 Å². The minimum atomic E-state index is -0.541. The lowest BCUT2D eigenvalue weighted by molar-refractivity contribution is -0.117. The lowest BCUT2D eigenvalue weighted by Crippen LogP contribution is -2.39. The number of primary amides is 2. The molecule has 5 N–H and O–H groups in total. The van der Waals surface area contributed by atoms with Crippen LogP contribution in [0.5, 0.6) is 0 Å². The van der Waals surface area contributed by atoms with Gasteiger partial charge in [-0.1, -0.05) is 0 Å². The van der Waals surface area contributed by atoms with Crippen LogP contribution >= 0.6 is 0 Å². The summed E-state index contributed by atoms with van der Waals surface area (Å²) in [5.41, 5.74) is 11.6. The first-order valence-corrected chi connectivity index (χ1v) is 4.97. The molecule has 2 amide bonds. The zero-order valence-corrected chi connectivity index (χ0v) is 9.51. The van der Waals surface area contributed by atoms with E-state index in [-0.39, 0.29) is 13.1 Å². The molecule has 0 unspecified atom stereocenters. The number of carbonyl (C=O) groups excluding carboxylic acids is 2. The van der Waals surface area contributed by atoms with Crippen molar-refractivity contribution in [2.45, 2.75) is 0 Å². The topological polar surface area (TPSA) is 114 Å². The highest BCUT2D eigenvalue weighted by atomic mass is 16.2. The minimum Gasteiger partial charge on any atom is -0.387 e. The molecular weight excluding hydrogens is 222 g/mol. The second-order valence-corrected chi connectivity index (χ2v) is 3.47. The smallest absolute Gasteiger partial charge is 0.236 e. The van der Waals surface area contributed by atoms with Gasteiger partial charge in [0, 0.05) is 7.05 Å². The molecule has 0 fully saturated rings. The molecule has 0 aliphatic rings. The first-order chi connectivity index (χ1) is 8.02. The molecule has 7 heteroatoms. The monoisotopic (exact) mass is 237 g/mol. The van der Waals surface area contributed by atoms with E-state index in [0.717, 1.165) is 5.69 Å². The molecule has 7 nitrogen and oxygen atoms in total. The molecule has 1 aromatic heterocycles. The highest BCUT2D eigenvalue weighted by molar-refractivity contribution is 5.85. The molecule has 0 spiro atoms. The second-order valence-electron chi connectivity index (χ2n) is 3.47. The van der Waals surface area contributed by atoms with Gasteiger partial charge in [-0.15, -0.1) is 0 Å². The molecule has 1 aromatic rings. The van der Waals surface area contributed by atoms with Crippen molar-refractivity contribution >= 4 is 23.2 Å². The Kier molecular flexibility index (Phi) is 4.27. The minimum absolute atomic E-state index is 0.0855. The third-order valence-corrected chi connectivity index (χ3v) is 2.07. The van der Waals surface area contributed by atoms with Gasteiger partial charge in [0.25, 0.3) is 0 Å². The molecule has 1 rings (SSSR count). The molecule has 0 saturated carbocycles. The number of hydrogen-bond donors (Lipinski definition) is 3. The Morgan fingerprint density at radius 2 is 1.88 bits per heavy atom. The molecular formula is C10H15N5O2. The highest BCUT2D eigenvalue weighted by Gasteiger charge is 2.12. The molecule has 1 heterocycles. The van der Waals surface area contributed by atoms with E-state index >= 15 is 0 Å². The van der Waals surface area contributed by atoms with Gasteiger partial charge in [0.15, 0.2) is 0 Å². The quantitative estimate of drug-likeness (QED) is 0.581. The average molecular weight is 237 g/mol. The van der Waals surface area contributed by atoms with Crippen LogP contribution in [0.2, 0.25) is 0 Å². The van der Waals surface area contributed by atoms with Crippen LogP contribution in [0.3, 0.4) is 0 Å². The molecule has 0 aromatic carbocycles. The molecule has 92 valence electrons. The Morgan fingerprint density at radius 1 is 1.29 bits per heavy atom. The average Bonchev–Trinajstić information content (AvgIpc) is 2.27. The van der Waals surface area contributed by atoms with Gasteiger partial charge in [-0.2, -0.15) is 0 Å². The van der Waals surface area contributed by atoms with Crippen LogP contribution in [0.1, 0.15) is 0 Å². The van der Waals surface area contributed by atoms with E-state index in [4.69, 9.17) is 11.5 Å². The second kappa shape index (κ2) is 5.69. The van der Waals surface area contributed by atoms with Crippen molar-refractivity contribution in [2.75, 3.05) is 30.4 Å². The summed E-state index contributed by atoms with van der Waals surface area (Å²) in [5.74, 6) is -1.08. The summed E-state index contributed by atoms with van der Waals surface area (Å²) in [4.78, 5) is 27.3. The summed E-state index contributed by atoms with van der Waals surface area (Å²) in [7, 11) is 1.74. The number of anilines is 2. The lowest BCUT2D eigenvalue weighted by atomic mass is 10.3. The third-order valence-electron chi connectivity index (χ3n) is 2.07. The molecule has 0 saturated heterocycles. The first-order valence-electron chi connectivity index (χ1n) is 4.97. The Labute approximate surface area is 98.8 Å². The Morgan fingerprint density at radius 3 is 2.35 bits per heavy atom. The van der Waals surface area contributed by atoms with E-state index in [0.29, 0.717) is 5.69 Å². The summed E-state index contributed by atoms with van der Waals surface area (Å²) >= 11 is 0. The molecule has 0 aliphatic carbocycles. The number of nitrogens with one attached hydrogen (secondary N) is 1. The molecule has 0 bridgehead atoms. The fraction of sp³-hybridized carbons (Fsp3) is 0.300. The number of aromatic nitrogens is 1. The zero-order valence-electron chi connectivity index (χ0n) is 9.51. The van der Waals surface area contributed by atoms with Gasteiger partial charge in [0.1, 0.15) is 0 Å². The van der Waals surface area contributed by atoms with Crippen molar-refractivity contribution in [1.29, 1.82) is 0 Å². The van der Waals surface area contributed by atoms with Crippen LogP contribution in [-0.4, -0.2) is 36.9 Å². The number of nitrogens with two attached hydrogens (primary N) is 2. The number of carbonyl (C=O) groups is 2. The Balaban J connectivity index is 2.94. The van der Waals surface area contributed by atoms with Gasteiger partial charge in [-0.05, 0) is 6.07 Å². The zero-order chi connectivity index (χ0) is 12.8. The summed E-state index contributed by atoms with van der Waals surface area (Å²) in [6.45, 7) is -0.171. The van der Waals surface area contributed by atoms with Crippen LogP contribution in [0, 0.1) is 0 Å². The summed E-state index contributed by atoms with van der Waals surface area (Å²) in [5, 5.41) is 2.91. The number of rotatable bonds is 6. The summed E-state index contributed by atoms with van der Waals surface area (Å²) in [6.07, 6.45) is 3.16. The van der Waals surface area contributed by atoms with Gasteiger partial charge in [-0.25, -0.2) is 0 Å². The van der Waals surface area contributed by atoms with E-state index in [1.54, 1.807) is 19.3 Å². The fourth-order valence-electron chi connectivity index (χ4n) is 1.35. The molecule has 0 aliphatic heterocycles. The van der Waals surface area contributed by atoms with Crippen molar-refractivity contribution in [3.05, 3.63) is 18.5 Å². The van der Waals surface area contributed by atoms with Crippen LogP contribution in [-0.2, 0) is 9.59 Å². The first kappa shape index (κ1) is 12.8. The Bertz CT molecular complexity index is 405. The molecule has 17 heavy (non-hydrogen) atoms. The van der Waals surface area contributed by atoms with Crippen LogP contribution in [0.15, 0.2) is 18.5 Å². The van der Waals surface area contributed by atoms with Gasteiger partial charge >= 0.3 is 0 Å². The van der Waals surface area contributed by atoms with Crippen molar-refractivity contribution in [1.82, 2.24) is 4.98 Å². The van der Waals surface area contributed by atoms with Crippen molar-refractivity contribution in [2.24, 2.45) is 11.5 Å². The van der Waals surface area contributed by atoms with E-state index in [1.807, 2.05) is 0 Å². The normalized spacial score (nSPS) is 9.71. The van der Waals surface area contributed by atoms with Crippen LogP contribution < -0.4 is 21.7 Å². The fourth-order valence-corrected chi connectivity index (χ4v) is 1.35. The van der Waals surface area contributed by atoms with E-state index in [2.05, 4.69) is 10.3 Å². The van der Waals surface area contributed by atoms with Crippen molar-refractivity contribution in [3.8, 4) is 0 Å². The maximum atomic E-state index is 10.9. The lowest BCUT2D eigenvalue weighted by Gasteiger charge is -2.21. The number of hydrogen-bond acceptors (Lipinski definition) is 5. The van der Waals surface area contributed by atoms with Crippen molar-refractivity contribution < 1.29 is 9.59 Å². The number of nitrogens with zero attached hydrogens (tertiary/aromatic N) is 2. The largest absolute Gasteiger partial charge is 0.387 e. The van der Waals surface area contributed by atoms with Crippen molar-refractivity contribution in [3.63, 3.8) is 0 Å². The predicted octanol–water partition coefficient (Wildman–Crippen LogP) is -1.10. The Hall–Kier alpha value is -2.31. The number of amides is 2. The maximum absolute atomic E-state index is 10.9. The van der Waals surface area contributed by atoms with E-state index in [1.165, 1.54) is 11.1 Å². The maximum Gasteiger partial charge on any atom is 0.236 e. The summed E-state index contributed by atoms with van der Waals surface area (Å²) < 4.78 is 0. The summed E-state index contributed by atoms with van der Waals surface area (Å²) in [6, 6.07) is 1.75. The van der Waals surface area contributed by atoms with Crippen LogP contribution in [0.4, 0.5) is 11.4 Å². The SMILES string of the molecule is CNc1cncc(N(CC(N)=O)CC(N)=O)c1. The third kappa shape index (κ3) is 3.98. The van der Waals surface area contributed by atoms with E-state index in [9.17, 15) is 9.59 Å². The number of pyridine rings is 1. The van der Waals surface area contributed by atoms with E-state index < -0.39 is 11.8 Å². The van der Waals surface area contributed by atoms with Gasteiger partial charge in [-0.3, -0.25) is 14.6 Å². The predicted molar refractivity (Wildman–Crippen MR) is 64.4 cm³/mol. The highest BCUT2D eigenvalue weighted by Crippen LogP contribution is 2.16. The van der Waals surface area contributed by atoms with Crippen LogP contribution in [0.25, 0.3) is 0 Å². The molecule has 0 atom stereocenters.